The van der Waals surface area contributed by atoms with Gasteiger partial charge in [0.15, 0.2) is 5.76 Å². The topological polar surface area (TPSA) is 55.5 Å². The zero-order chi connectivity index (χ0) is 17.3. The molecule has 0 spiro atoms. The van der Waals surface area contributed by atoms with Crippen molar-refractivity contribution in [2.45, 2.75) is 27.4 Å². The first-order valence-electron chi connectivity index (χ1n) is 7.87. The average Bonchev–Trinajstić information content (AvgIpc) is 2.97. The van der Waals surface area contributed by atoms with Crippen LogP contribution in [0.2, 0.25) is 0 Å². The molecule has 1 heterocycles. The van der Waals surface area contributed by atoms with Crippen molar-refractivity contribution in [1.82, 2.24) is 5.16 Å². The summed E-state index contributed by atoms with van der Waals surface area (Å²) < 4.78 is 10.9. The Morgan fingerprint density at radius 2 is 1.79 bits per heavy atom. The van der Waals surface area contributed by atoms with E-state index in [0.717, 1.165) is 28.0 Å². The number of benzene rings is 2. The van der Waals surface area contributed by atoms with Gasteiger partial charge < -0.3 is 14.4 Å². The highest BCUT2D eigenvalue weighted by atomic mass is 16.5. The summed E-state index contributed by atoms with van der Waals surface area (Å²) in [6.07, 6.45) is 0. The molecule has 0 saturated heterocycles. The van der Waals surface area contributed by atoms with E-state index in [1.54, 1.807) is 7.11 Å². The third-order valence-corrected chi connectivity index (χ3v) is 4.19. The van der Waals surface area contributed by atoms with Gasteiger partial charge >= 0.3 is 0 Å². The Morgan fingerprint density at radius 3 is 2.42 bits per heavy atom. The number of aryl methyl sites for hydroxylation is 3. The molecule has 0 radical (unpaired) electrons. The molecule has 0 saturated carbocycles. The molecule has 3 rings (SSSR count). The largest absolute Gasteiger partial charge is 0.497 e. The Hall–Kier alpha value is -2.59. The fraction of sp³-hybridized carbons (Fsp3) is 0.250. The first kappa shape index (κ1) is 16.3. The minimum absolute atomic E-state index is 0.141. The highest BCUT2D eigenvalue weighted by Gasteiger charge is 2.21. The van der Waals surface area contributed by atoms with Gasteiger partial charge in [0.05, 0.1) is 19.3 Å². The molecule has 4 heteroatoms. The van der Waals surface area contributed by atoms with Crippen molar-refractivity contribution < 1.29 is 14.4 Å². The maximum atomic E-state index is 9.94. The Balaban J connectivity index is 2.18. The van der Waals surface area contributed by atoms with Gasteiger partial charge in [0.2, 0.25) is 0 Å². The SMILES string of the molecule is COc1cccc(-c2noc(-c3c(C)cc(C)cc3C)c2CO)c1. The van der Waals surface area contributed by atoms with Gasteiger partial charge in [-0.1, -0.05) is 35.0 Å². The van der Waals surface area contributed by atoms with E-state index >= 15 is 0 Å². The molecule has 0 atom stereocenters. The van der Waals surface area contributed by atoms with E-state index in [1.807, 2.05) is 38.1 Å². The first-order valence-corrected chi connectivity index (χ1v) is 7.87. The standard InChI is InChI=1S/C20H21NO3/c1-12-8-13(2)18(14(3)9-12)20-17(11-22)19(21-24-20)15-6-5-7-16(10-15)23-4/h5-10,22H,11H2,1-4H3. The Morgan fingerprint density at radius 1 is 1.08 bits per heavy atom. The van der Waals surface area contributed by atoms with E-state index in [4.69, 9.17) is 9.26 Å². The molecule has 0 fully saturated rings. The maximum Gasteiger partial charge on any atom is 0.173 e. The smallest absolute Gasteiger partial charge is 0.173 e. The van der Waals surface area contributed by atoms with Crippen molar-refractivity contribution in [2.24, 2.45) is 0 Å². The third kappa shape index (κ3) is 2.81. The lowest BCUT2D eigenvalue weighted by atomic mass is 9.94. The minimum Gasteiger partial charge on any atom is -0.497 e. The number of methoxy groups -OCH3 is 1. The Bertz CT molecular complexity index is 857. The molecular formula is C20H21NO3. The summed E-state index contributed by atoms with van der Waals surface area (Å²) in [5, 5.41) is 14.2. The number of hydrogen-bond acceptors (Lipinski definition) is 4. The van der Waals surface area contributed by atoms with E-state index in [9.17, 15) is 5.11 Å². The number of aliphatic hydroxyl groups excluding tert-OH is 1. The van der Waals surface area contributed by atoms with E-state index in [-0.39, 0.29) is 6.61 Å². The molecule has 0 aliphatic rings. The lowest BCUT2D eigenvalue weighted by Crippen LogP contribution is -1.94. The molecule has 3 aromatic rings. The number of ether oxygens (including phenoxy) is 1. The summed E-state index contributed by atoms with van der Waals surface area (Å²) in [6.45, 7) is 6.02. The second kappa shape index (κ2) is 6.49. The number of rotatable bonds is 4. The number of aromatic nitrogens is 1. The molecule has 4 nitrogen and oxygen atoms in total. The van der Waals surface area contributed by atoms with E-state index in [0.29, 0.717) is 17.0 Å². The van der Waals surface area contributed by atoms with Crippen LogP contribution in [0, 0.1) is 20.8 Å². The Kier molecular flexibility index (Phi) is 4.40. The van der Waals surface area contributed by atoms with Gasteiger partial charge in [0, 0.05) is 11.1 Å². The second-order valence-electron chi connectivity index (χ2n) is 6.00. The number of aliphatic hydroxyl groups is 1. The highest BCUT2D eigenvalue weighted by Crippen LogP contribution is 2.36. The highest BCUT2D eigenvalue weighted by molar-refractivity contribution is 5.76. The molecule has 1 N–H and O–H groups in total. The summed E-state index contributed by atoms with van der Waals surface area (Å²) in [5.41, 5.74) is 6.60. The zero-order valence-electron chi connectivity index (χ0n) is 14.4. The summed E-state index contributed by atoms with van der Waals surface area (Å²) in [6, 6.07) is 11.8. The van der Waals surface area contributed by atoms with Crippen LogP contribution >= 0.6 is 0 Å². The van der Waals surface area contributed by atoms with Gasteiger partial charge in [0.1, 0.15) is 11.4 Å². The quantitative estimate of drug-likeness (QED) is 0.771. The fourth-order valence-corrected chi connectivity index (χ4v) is 3.19. The van der Waals surface area contributed by atoms with Crippen LogP contribution in [0.15, 0.2) is 40.9 Å². The predicted molar refractivity (Wildman–Crippen MR) is 94.1 cm³/mol. The number of hydrogen-bond donors (Lipinski definition) is 1. The molecule has 24 heavy (non-hydrogen) atoms. The van der Waals surface area contributed by atoms with E-state index in [2.05, 4.69) is 24.2 Å². The molecule has 2 aromatic carbocycles. The molecule has 0 bridgehead atoms. The Labute approximate surface area is 141 Å². The molecule has 1 aromatic heterocycles. The van der Waals surface area contributed by atoms with Crippen molar-refractivity contribution in [3.05, 3.63) is 58.7 Å². The van der Waals surface area contributed by atoms with Gasteiger partial charge in [-0.05, 0) is 44.0 Å². The minimum atomic E-state index is -0.141. The van der Waals surface area contributed by atoms with E-state index in [1.165, 1.54) is 5.56 Å². The third-order valence-electron chi connectivity index (χ3n) is 4.19. The van der Waals surface area contributed by atoms with Crippen LogP contribution in [-0.4, -0.2) is 17.4 Å². The normalized spacial score (nSPS) is 10.9. The van der Waals surface area contributed by atoms with Gasteiger partial charge in [-0.25, -0.2) is 0 Å². The van der Waals surface area contributed by atoms with Crippen LogP contribution in [0.5, 0.6) is 5.75 Å². The van der Waals surface area contributed by atoms with Gasteiger partial charge in [-0.2, -0.15) is 0 Å². The van der Waals surface area contributed by atoms with Crippen LogP contribution < -0.4 is 4.74 Å². The van der Waals surface area contributed by atoms with Crippen LogP contribution in [0.3, 0.4) is 0 Å². The van der Waals surface area contributed by atoms with Crippen LogP contribution in [-0.2, 0) is 6.61 Å². The molecule has 0 aliphatic carbocycles. The summed E-state index contributed by atoms with van der Waals surface area (Å²) in [5.74, 6) is 1.37. The van der Waals surface area contributed by atoms with Crippen molar-refractivity contribution in [3.8, 4) is 28.3 Å². The molecule has 124 valence electrons. The molecular weight excluding hydrogens is 302 g/mol. The lowest BCUT2D eigenvalue weighted by molar-refractivity contribution is 0.281. The van der Waals surface area contributed by atoms with Crippen molar-refractivity contribution >= 4 is 0 Å². The summed E-state index contributed by atoms with van der Waals surface area (Å²) >= 11 is 0. The van der Waals surface area contributed by atoms with Crippen LogP contribution in [0.1, 0.15) is 22.3 Å². The van der Waals surface area contributed by atoms with Gasteiger partial charge in [0.25, 0.3) is 0 Å². The first-order chi connectivity index (χ1) is 11.5. The zero-order valence-corrected chi connectivity index (χ0v) is 14.4. The molecule has 0 aliphatic heterocycles. The average molecular weight is 323 g/mol. The predicted octanol–water partition coefficient (Wildman–Crippen LogP) is 4.43. The van der Waals surface area contributed by atoms with Crippen molar-refractivity contribution in [1.29, 1.82) is 0 Å². The number of nitrogens with zero attached hydrogens (tertiary/aromatic N) is 1. The van der Waals surface area contributed by atoms with Crippen LogP contribution in [0.25, 0.3) is 22.6 Å². The van der Waals surface area contributed by atoms with Crippen molar-refractivity contribution in [3.63, 3.8) is 0 Å². The second-order valence-corrected chi connectivity index (χ2v) is 6.00. The van der Waals surface area contributed by atoms with Crippen LogP contribution in [0.4, 0.5) is 0 Å². The van der Waals surface area contributed by atoms with Crippen molar-refractivity contribution in [2.75, 3.05) is 7.11 Å². The monoisotopic (exact) mass is 323 g/mol. The maximum absolute atomic E-state index is 9.94. The van der Waals surface area contributed by atoms with Gasteiger partial charge in [-0.15, -0.1) is 0 Å². The summed E-state index contributed by atoms with van der Waals surface area (Å²) in [4.78, 5) is 0. The lowest BCUT2D eigenvalue weighted by Gasteiger charge is -2.10. The summed E-state index contributed by atoms with van der Waals surface area (Å²) in [7, 11) is 1.62. The fourth-order valence-electron chi connectivity index (χ4n) is 3.19. The molecule has 0 unspecified atom stereocenters. The van der Waals surface area contributed by atoms with E-state index < -0.39 is 0 Å². The molecule has 0 amide bonds. The van der Waals surface area contributed by atoms with Gasteiger partial charge in [-0.3, -0.25) is 0 Å².